The molecule has 3 rings (SSSR count). The maximum absolute atomic E-state index is 11.5. The second-order valence-corrected chi connectivity index (χ2v) is 7.32. The molecule has 0 bridgehead atoms. The van der Waals surface area contributed by atoms with Crippen molar-refractivity contribution in [1.82, 2.24) is 0 Å². The smallest absolute Gasteiger partial charge is 0.426 e. The quantitative estimate of drug-likeness (QED) is 0.627. The molecule has 26 heavy (non-hydrogen) atoms. The van der Waals surface area contributed by atoms with Crippen molar-refractivity contribution in [3.8, 4) is 0 Å². The molecule has 8 heteroatoms. The van der Waals surface area contributed by atoms with E-state index in [2.05, 4.69) is 0 Å². The van der Waals surface area contributed by atoms with Gasteiger partial charge in [0.05, 0.1) is 6.61 Å². The fraction of sp³-hybridized carbons (Fsp3) is 0.556. The molecule has 142 valence electrons. The molecule has 2 saturated heterocycles. The molecule has 2 heterocycles. The fourth-order valence-corrected chi connectivity index (χ4v) is 3.02. The molecule has 2 aliphatic heterocycles. The Morgan fingerprint density at radius 3 is 2.35 bits per heavy atom. The summed E-state index contributed by atoms with van der Waals surface area (Å²) in [5, 5.41) is 10.4. The van der Waals surface area contributed by atoms with Crippen molar-refractivity contribution in [2.24, 2.45) is 5.41 Å². The van der Waals surface area contributed by atoms with Gasteiger partial charge >= 0.3 is 12.3 Å². The SMILES string of the molecule is CC(C)(C)C1OC(=O)OC1COC(O)C1OC(=O)OC1c1ccccc1. The molecule has 2 aliphatic rings. The number of hydrogen-bond donors (Lipinski definition) is 1. The van der Waals surface area contributed by atoms with E-state index in [1.807, 2.05) is 26.8 Å². The third-order valence-electron chi connectivity index (χ3n) is 4.26. The topological polar surface area (TPSA) is 101 Å². The minimum Gasteiger partial charge on any atom is -0.426 e. The Morgan fingerprint density at radius 1 is 1.04 bits per heavy atom. The average Bonchev–Trinajstić information content (AvgIpc) is 3.16. The Kier molecular flexibility index (Phi) is 5.06. The number of hydrogen-bond acceptors (Lipinski definition) is 8. The van der Waals surface area contributed by atoms with Crippen LogP contribution >= 0.6 is 0 Å². The number of aliphatic hydroxyl groups is 1. The number of rotatable bonds is 5. The standard InChI is InChI=1S/C18H22O8/c1-18(2,3)14-11(23-16(20)26-14)9-22-15(19)13-12(24-17(21)25-13)10-7-5-4-6-8-10/h4-8,11-15,19H,9H2,1-3H3. The summed E-state index contributed by atoms with van der Waals surface area (Å²) in [6.07, 6.45) is -6.12. The van der Waals surface area contributed by atoms with Gasteiger partial charge in [-0.3, -0.25) is 0 Å². The van der Waals surface area contributed by atoms with Gasteiger partial charge in [0.1, 0.15) is 6.10 Å². The van der Waals surface area contributed by atoms with Crippen LogP contribution in [0.2, 0.25) is 0 Å². The Morgan fingerprint density at radius 2 is 1.69 bits per heavy atom. The second-order valence-electron chi connectivity index (χ2n) is 7.32. The Balaban J connectivity index is 1.64. The van der Waals surface area contributed by atoms with Crippen molar-refractivity contribution < 1.29 is 38.4 Å². The van der Waals surface area contributed by atoms with Crippen molar-refractivity contribution in [2.45, 2.75) is 51.5 Å². The molecule has 1 aromatic rings. The van der Waals surface area contributed by atoms with E-state index in [1.165, 1.54) is 0 Å². The highest BCUT2D eigenvalue weighted by atomic mass is 16.8. The zero-order chi connectivity index (χ0) is 18.9. The van der Waals surface area contributed by atoms with Crippen molar-refractivity contribution >= 4 is 12.3 Å². The lowest BCUT2D eigenvalue weighted by Gasteiger charge is -2.28. The van der Waals surface area contributed by atoms with Gasteiger partial charge in [-0.1, -0.05) is 51.1 Å². The van der Waals surface area contributed by atoms with Crippen LogP contribution in [0.4, 0.5) is 9.59 Å². The minimum absolute atomic E-state index is 0.107. The summed E-state index contributed by atoms with van der Waals surface area (Å²) in [7, 11) is 0. The number of cyclic esters (lactones) is 4. The van der Waals surface area contributed by atoms with Crippen LogP contribution in [0.5, 0.6) is 0 Å². The van der Waals surface area contributed by atoms with Crippen LogP contribution in [-0.2, 0) is 23.7 Å². The van der Waals surface area contributed by atoms with Gasteiger partial charge in [0.2, 0.25) is 0 Å². The maximum Gasteiger partial charge on any atom is 0.509 e. The predicted octanol–water partition coefficient (Wildman–Crippen LogP) is 2.55. The molecule has 5 atom stereocenters. The van der Waals surface area contributed by atoms with E-state index in [1.54, 1.807) is 24.3 Å². The van der Waals surface area contributed by atoms with Gasteiger partial charge in [-0.2, -0.15) is 0 Å². The van der Waals surface area contributed by atoms with Crippen molar-refractivity contribution in [2.75, 3.05) is 6.61 Å². The van der Waals surface area contributed by atoms with Crippen LogP contribution < -0.4 is 0 Å². The summed E-state index contributed by atoms with van der Waals surface area (Å²) in [6.45, 7) is 5.60. The molecular formula is C18H22O8. The van der Waals surface area contributed by atoms with Gasteiger partial charge in [-0.15, -0.1) is 0 Å². The van der Waals surface area contributed by atoms with E-state index in [4.69, 9.17) is 23.7 Å². The van der Waals surface area contributed by atoms with Crippen LogP contribution in [0.1, 0.15) is 32.4 Å². The lowest BCUT2D eigenvalue weighted by atomic mass is 9.86. The van der Waals surface area contributed by atoms with Crippen molar-refractivity contribution in [3.05, 3.63) is 35.9 Å². The Bertz CT molecular complexity index is 653. The molecule has 1 N–H and O–H groups in total. The molecule has 0 aromatic heterocycles. The van der Waals surface area contributed by atoms with Crippen molar-refractivity contribution in [1.29, 1.82) is 0 Å². The second kappa shape index (κ2) is 7.13. The zero-order valence-corrected chi connectivity index (χ0v) is 14.8. The normalized spacial score (nSPS) is 29.5. The van der Waals surface area contributed by atoms with E-state index in [0.717, 1.165) is 0 Å². The van der Waals surface area contributed by atoms with Gasteiger partial charge in [0, 0.05) is 5.41 Å². The Labute approximate surface area is 150 Å². The summed E-state index contributed by atoms with van der Waals surface area (Å²) in [5.74, 6) is 0. The summed E-state index contributed by atoms with van der Waals surface area (Å²) in [5.41, 5.74) is 0.315. The first-order valence-electron chi connectivity index (χ1n) is 8.35. The lowest BCUT2D eigenvalue weighted by Crippen LogP contribution is -2.41. The van der Waals surface area contributed by atoms with Crippen LogP contribution in [0.15, 0.2) is 30.3 Å². The summed E-state index contributed by atoms with van der Waals surface area (Å²) in [6, 6.07) is 8.91. The number of benzene rings is 1. The molecule has 5 unspecified atom stereocenters. The molecule has 1 aromatic carbocycles. The molecule has 0 amide bonds. The van der Waals surface area contributed by atoms with E-state index < -0.39 is 43.0 Å². The van der Waals surface area contributed by atoms with Gasteiger partial charge in [-0.25, -0.2) is 9.59 Å². The average molecular weight is 366 g/mol. The van der Waals surface area contributed by atoms with Crippen LogP contribution in [-0.4, -0.2) is 48.6 Å². The van der Waals surface area contributed by atoms with E-state index in [9.17, 15) is 14.7 Å². The van der Waals surface area contributed by atoms with Gasteiger partial charge in [0.15, 0.2) is 24.6 Å². The van der Waals surface area contributed by atoms with E-state index >= 15 is 0 Å². The Hall–Kier alpha value is -2.32. The number of ether oxygens (including phenoxy) is 5. The molecular weight excluding hydrogens is 344 g/mol. The highest BCUT2D eigenvalue weighted by molar-refractivity contribution is 5.63. The molecule has 0 saturated carbocycles. The summed E-state index contributed by atoms with van der Waals surface area (Å²) in [4.78, 5) is 23.0. The molecule has 2 fully saturated rings. The first-order chi connectivity index (χ1) is 12.3. The monoisotopic (exact) mass is 366 g/mol. The van der Waals surface area contributed by atoms with Crippen LogP contribution in [0, 0.1) is 5.41 Å². The van der Waals surface area contributed by atoms with Crippen LogP contribution in [0.25, 0.3) is 0 Å². The van der Waals surface area contributed by atoms with E-state index in [-0.39, 0.29) is 12.0 Å². The van der Waals surface area contributed by atoms with E-state index in [0.29, 0.717) is 5.56 Å². The summed E-state index contributed by atoms with van der Waals surface area (Å²) < 4.78 is 25.9. The maximum atomic E-state index is 11.5. The van der Waals surface area contributed by atoms with Crippen molar-refractivity contribution in [3.63, 3.8) is 0 Å². The number of aliphatic hydroxyl groups excluding tert-OH is 1. The largest absolute Gasteiger partial charge is 0.509 e. The molecule has 8 nitrogen and oxygen atoms in total. The van der Waals surface area contributed by atoms with Gasteiger partial charge in [-0.05, 0) is 5.56 Å². The zero-order valence-electron chi connectivity index (χ0n) is 14.8. The fourth-order valence-electron chi connectivity index (χ4n) is 3.02. The predicted molar refractivity (Wildman–Crippen MR) is 87.1 cm³/mol. The van der Waals surface area contributed by atoms with Gasteiger partial charge in [0.25, 0.3) is 0 Å². The highest BCUT2D eigenvalue weighted by Gasteiger charge is 2.47. The highest BCUT2D eigenvalue weighted by Crippen LogP contribution is 2.34. The molecule has 0 aliphatic carbocycles. The number of carbonyl (C=O) groups is 2. The lowest BCUT2D eigenvalue weighted by molar-refractivity contribution is -0.177. The number of carbonyl (C=O) groups excluding carboxylic acids is 2. The molecule has 0 radical (unpaired) electrons. The summed E-state index contributed by atoms with van der Waals surface area (Å²) >= 11 is 0. The third-order valence-corrected chi connectivity index (χ3v) is 4.26. The first-order valence-corrected chi connectivity index (χ1v) is 8.35. The molecule has 0 spiro atoms. The van der Waals surface area contributed by atoms with Gasteiger partial charge < -0.3 is 28.8 Å². The third kappa shape index (κ3) is 3.91. The van der Waals surface area contributed by atoms with Crippen LogP contribution in [0.3, 0.4) is 0 Å². The minimum atomic E-state index is -1.45. The first kappa shape index (κ1) is 18.5.